The average Bonchev–Trinajstić information content (AvgIpc) is 2.50. The van der Waals surface area contributed by atoms with Crippen molar-refractivity contribution in [3.05, 3.63) is 18.2 Å². The van der Waals surface area contributed by atoms with E-state index in [1.54, 1.807) is 12.5 Å². The highest BCUT2D eigenvalue weighted by atomic mass is 35.5. The molecule has 0 saturated carbocycles. The smallest absolute Gasteiger partial charge is 0.323 e. The molecule has 15 heavy (non-hydrogen) atoms. The molecule has 2 N–H and O–H groups in total. The Kier molecular flexibility index (Phi) is 8.33. The van der Waals surface area contributed by atoms with Gasteiger partial charge in [-0.15, -0.1) is 24.8 Å². The molecule has 1 atom stereocenters. The van der Waals surface area contributed by atoms with Gasteiger partial charge < -0.3 is 15.0 Å². The molecule has 0 unspecified atom stereocenters. The minimum atomic E-state index is -0.611. The minimum Gasteiger partial charge on any atom is -0.468 e. The van der Waals surface area contributed by atoms with Gasteiger partial charge in [-0.1, -0.05) is 0 Å². The molecule has 0 aromatic carbocycles. The van der Waals surface area contributed by atoms with Gasteiger partial charge in [0.25, 0.3) is 0 Å². The van der Waals surface area contributed by atoms with Crippen LogP contribution in [0.3, 0.4) is 0 Å². The van der Waals surface area contributed by atoms with Crippen LogP contribution in [0.5, 0.6) is 0 Å². The molecule has 1 aromatic rings. The Bertz CT molecular complexity index is 304. The third-order valence-electron chi connectivity index (χ3n) is 1.85. The van der Waals surface area contributed by atoms with E-state index in [4.69, 9.17) is 5.73 Å². The molecule has 0 spiro atoms. The molecule has 0 aliphatic carbocycles. The lowest BCUT2D eigenvalue weighted by molar-refractivity contribution is -0.142. The lowest BCUT2D eigenvalue weighted by Crippen LogP contribution is -2.34. The standard InChI is InChI=1S/C8H13N3O2.2ClH/c1-11-5-10-4-6(11)3-7(9)8(12)13-2;;/h4-5,7H,3,9H2,1-2H3;2*1H/t7-;;/m1../s1. The highest BCUT2D eigenvalue weighted by Crippen LogP contribution is 2.00. The molecule has 1 aromatic heterocycles. The number of esters is 1. The van der Waals surface area contributed by atoms with Gasteiger partial charge in [-0.3, -0.25) is 4.79 Å². The maximum absolute atomic E-state index is 11.0. The van der Waals surface area contributed by atoms with E-state index >= 15 is 0 Å². The fourth-order valence-corrected chi connectivity index (χ4v) is 1.04. The van der Waals surface area contributed by atoms with Crippen molar-refractivity contribution in [3.8, 4) is 0 Å². The summed E-state index contributed by atoms with van der Waals surface area (Å²) < 4.78 is 6.33. The van der Waals surface area contributed by atoms with Crippen LogP contribution in [0.2, 0.25) is 0 Å². The van der Waals surface area contributed by atoms with Crippen molar-refractivity contribution in [3.63, 3.8) is 0 Å². The maximum atomic E-state index is 11.0. The second-order valence-electron chi connectivity index (χ2n) is 2.83. The lowest BCUT2D eigenvalue weighted by atomic mass is 10.2. The van der Waals surface area contributed by atoms with Crippen LogP contribution in [-0.2, 0) is 23.0 Å². The average molecular weight is 256 g/mol. The van der Waals surface area contributed by atoms with Crippen LogP contribution in [0, 0.1) is 0 Å². The van der Waals surface area contributed by atoms with Crippen LogP contribution < -0.4 is 5.73 Å². The second-order valence-corrected chi connectivity index (χ2v) is 2.83. The van der Waals surface area contributed by atoms with Gasteiger partial charge in [-0.2, -0.15) is 0 Å². The van der Waals surface area contributed by atoms with Crippen LogP contribution in [0.25, 0.3) is 0 Å². The zero-order chi connectivity index (χ0) is 9.84. The van der Waals surface area contributed by atoms with Crippen molar-refractivity contribution in [2.24, 2.45) is 12.8 Å². The van der Waals surface area contributed by atoms with E-state index in [0.717, 1.165) is 5.69 Å². The first-order valence-corrected chi connectivity index (χ1v) is 3.93. The number of aromatic nitrogens is 2. The SMILES string of the molecule is COC(=O)[C@H](N)Cc1cncn1C.Cl.Cl. The molecule has 1 heterocycles. The molecular formula is C8H15Cl2N3O2. The maximum Gasteiger partial charge on any atom is 0.323 e. The van der Waals surface area contributed by atoms with Gasteiger partial charge in [0.2, 0.25) is 0 Å². The molecule has 0 saturated heterocycles. The first-order chi connectivity index (χ1) is 6.15. The van der Waals surface area contributed by atoms with Crippen LogP contribution >= 0.6 is 24.8 Å². The van der Waals surface area contributed by atoms with E-state index in [0.29, 0.717) is 6.42 Å². The number of nitrogens with zero attached hydrogens (tertiary/aromatic N) is 2. The van der Waals surface area contributed by atoms with Gasteiger partial charge >= 0.3 is 5.97 Å². The van der Waals surface area contributed by atoms with E-state index in [-0.39, 0.29) is 24.8 Å². The predicted octanol–water partition coefficient (Wildman–Crippen LogP) is 0.306. The number of carbonyl (C=O) groups excluding carboxylic acids is 1. The minimum absolute atomic E-state index is 0. The molecule has 1 rings (SSSR count). The van der Waals surface area contributed by atoms with Gasteiger partial charge in [0.05, 0.1) is 13.4 Å². The van der Waals surface area contributed by atoms with Crippen molar-refractivity contribution in [2.45, 2.75) is 12.5 Å². The monoisotopic (exact) mass is 255 g/mol. The molecule has 0 amide bonds. The second kappa shape index (κ2) is 7.50. The number of imidazole rings is 1. The Labute approximate surface area is 101 Å². The molecule has 0 radical (unpaired) electrons. The van der Waals surface area contributed by atoms with Crippen molar-refractivity contribution < 1.29 is 9.53 Å². The third-order valence-corrected chi connectivity index (χ3v) is 1.85. The van der Waals surface area contributed by atoms with Crippen molar-refractivity contribution in [2.75, 3.05) is 7.11 Å². The zero-order valence-corrected chi connectivity index (χ0v) is 10.2. The summed E-state index contributed by atoms with van der Waals surface area (Å²) in [6.45, 7) is 0. The lowest BCUT2D eigenvalue weighted by Gasteiger charge is -2.08. The first-order valence-electron chi connectivity index (χ1n) is 3.93. The van der Waals surface area contributed by atoms with Crippen LogP contribution in [-0.4, -0.2) is 28.7 Å². The number of carbonyl (C=O) groups is 1. The van der Waals surface area contributed by atoms with Crippen molar-refractivity contribution in [1.29, 1.82) is 0 Å². The molecular weight excluding hydrogens is 241 g/mol. The van der Waals surface area contributed by atoms with E-state index in [1.165, 1.54) is 7.11 Å². The Balaban J connectivity index is 0. The van der Waals surface area contributed by atoms with E-state index < -0.39 is 12.0 Å². The molecule has 0 aliphatic rings. The molecule has 7 heteroatoms. The number of nitrogens with two attached hydrogens (primary N) is 1. The topological polar surface area (TPSA) is 70.1 Å². The van der Waals surface area contributed by atoms with Gasteiger partial charge in [0.15, 0.2) is 0 Å². The zero-order valence-electron chi connectivity index (χ0n) is 8.54. The molecule has 5 nitrogen and oxygen atoms in total. The summed E-state index contributed by atoms with van der Waals surface area (Å²) in [6.07, 6.45) is 3.80. The Hall–Kier alpha value is -0.780. The first kappa shape index (κ1) is 16.6. The summed E-state index contributed by atoms with van der Waals surface area (Å²) >= 11 is 0. The number of hydrogen-bond acceptors (Lipinski definition) is 4. The van der Waals surface area contributed by atoms with Gasteiger partial charge in [-0.25, -0.2) is 4.98 Å². The number of ether oxygens (including phenoxy) is 1. The Morgan fingerprint density at radius 2 is 2.27 bits per heavy atom. The van der Waals surface area contributed by atoms with Crippen LogP contribution in [0.4, 0.5) is 0 Å². The molecule has 0 fully saturated rings. The Morgan fingerprint density at radius 1 is 1.67 bits per heavy atom. The number of rotatable bonds is 3. The number of hydrogen-bond donors (Lipinski definition) is 1. The normalized spacial score (nSPS) is 10.9. The highest BCUT2D eigenvalue weighted by Gasteiger charge is 2.15. The predicted molar refractivity (Wildman–Crippen MR) is 61.4 cm³/mol. The molecule has 0 aliphatic heterocycles. The van der Waals surface area contributed by atoms with Crippen LogP contribution in [0.1, 0.15) is 5.69 Å². The fraction of sp³-hybridized carbons (Fsp3) is 0.500. The Morgan fingerprint density at radius 3 is 2.67 bits per heavy atom. The summed E-state index contributed by atoms with van der Waals surface area (Å²) in [5, 5.41) is 0. The summed E-state index contributed by atoms with van der Waals surface area (Å²) in [5.74, 6) is -0.402. The quantitative estimate of drug-likeness (QED) is 0.790. The van der Waals surface area contributed by atoms with E-state index in [9.17, 15) is 4.79 Å². The largest absolute Gasteiger partial charge is 0.468 e. The molecule has 88 valence electrons. The fourth-order valence-electron chi connectivity index (χ4n) is 1.04. The highest BCUT2D eigenvalue weighted by molar-refractivity contribution is 5.85. The molecule has 0 bridgehead atoms. The number of halogens is 2. The third kappa shape index (κ3) is 4.51. The summed E-state index contributed by atoms with van der Waals surface area (Å²) in [6, 6.07) is -0.611. The van der Waals surface area contributed by atoms with Crippen LogP contribution in [0.15, 0.2) is 12.5 Å². The van der Waals surface area contributed by atoms with Gasteiger partial charge in [0.1, 0.15) is 6.04 Å². The van der Waals surface area contributed by atoms with E-state index in [1.807, 2.05) is 11.6 Å². The summed E-state index contributed by atoms with van der Waals surface area (Å²) in [5.41, 5.74) is 6.49. The number of methoxy groups -OCH3 is 1. The number of aryl methyl sites for hydroxylation is 1. The van der Waals surface area contributed by atoms with Gasteiger partial charge in [-0.05, 0) is 0 Å². The van der Waals surface area contributed by atoms with Gasteiger partial charge in [0, 0.05) is 25.4 Å². The van der Waals surface area contributed by atoms with Crippen molar-refractivity contribution in [1.82, 2.24) is 9.55 Å². The van der Waals surface area contributed by atoms with Crippen molar-refractivity contribution >= 4 is 30.8 Å². The summed E-state index contributed by atoms with van der Waals surface area (Å²) in [7, 11) is 3.18. The summed E-state index contributed by atoms with van der Waals surface area (Å²) in [4.78, 5) is 14.9. The van der Waals surface area contributed by atoms with E-state index in [2.05, 4.69) is 9.72 Å².